The number of rotatable bonds is 7. The van der Waals surface area contributed by atoms with E-state index in [9.17, 15) is 9.18 Å². The number of methoxy groups -OCH3 is 1. The molecule has 0 aliphatic rings. The second kappa shape index (κ2) is 8.60. The molecular formula is C21H24FN7O2. The molecule has 0 spiro atoms. The average Bonchev–Trinajstić information content (AvgIpc) is 3.35. The molecule has 0 saturated heterocycles. The third-order valence-corrected chi connectivity index (χ3v) is 4.99. The Hall–Kier alpha value is -3.66. The van der Waals surface area contributed by atoms with Gasteiger partial charge in [0.05, 0.1) is 18.5 Å². The number of amides is 2. The number of halogens is 1. The van der Waals surface area contributed by atoms with Crippen molar-refractivity contribution in [2.24, 2.45) is 7.05 Å². The highest BCUT2D eigenvalue weighted by Crippen LogP contribution is 2.32. The molecular weight excluding hydrogens is 401 g/mol. The van der Waals surface area contributed by atoms with Gasteiger partial charge < -0.3 is 30.2 Å². The summed E-state index contributed by atoms with van der Waals surface area (Å²) in [4.78, 5) is 24.2. The summed E-state index contributed by atoms with van der Waals surface area (Å²) < 4.78 is 21.2. The Labute approximate surface area is 178 Å². The molecule has 3 heterocycles. The van der Waals surface area contributed by atoms with Gasteiger partial charge in [-0.25, -0.2) is 19.2 Å². The number of benzene rings is 1. The van der Waals surface area contributed by atoms with Crippen molar-refractivity contribution in [1.82, 2.24) is 30.2 Å². The summed E-state index contributed by atoms with van der Waals surface area (Å²) in [6.07, 6.45) is 1.74. The van der Waals surface area contributed by atoms with E-state index < -0.39 is 0 Å². The zero-order valence-electron chi connectivity index (χ0n) is 17.5. The van der Waals surface area contributed by atoms with Crippen molar-refractivity contribution in [2.75, 3.05) is 32.6 Å². The SMILES string of the molecule is CNc1nc2[nH]c(-c3cc(F)cc(CNC(=O)NCCOC)c3)cc2c2c1ncn2C. The smallest absolute Gasteiger partial charge is 0.315 e. The Kier molecular flexibility index (Phi) is 5.72. The number of imidazole rings is 1. The molecule has 4 N–H and O–H groups in total. The lowest BCUT2D eigenvalue weighted by Gasteiger charge is -2.09. The predicted molar refractivity (Wildman–Crippen MR) is 117 cm³/mol. The highest BCUT2D eigenvalue weighted by Gasteiger charge is 2.16. The van der Waals surface area contributed by atoms with Crippen molar-refractivity contribution in [3.8, 4) is 11.3 Å². The molecule has 0 aliphatic heterocycles. The average molecular weight is 425 g/mol. The Morgan fingerprint density at radius 1 is 1.26 bits per heavy atom. The van der Waals surface area contributed by atoms with Gasteiger partial charge in [-0.05, 0) is 29.8 Å². The second-order valence-electron chi connectivity index (χ2n) is 7.16. The summed E-state index contributed by atoms with van der Waals surface area (Å²) in [7, 11) is 5.28. The third-order valence-electron chi connectivity index (χ3n) is 4.99. The Morgan fingerprint density at radius 3 is 2.87 bits per heavy atom. The van der Waals surface area contributed by atoms with Gasteiger partial charge in [-0.1, -0.05) is 0 Å². The minimum atomic E-state index is -0.387. The van der Waals surface area contributed by atoms with E-state index >= 15 is 0 Å². The summed E-state index contributed by atoms with van der Waals surface area (Å²) in [6, 6.07) is 6.29. The molecule has 0 atom stereocenters. The van der Waals surface area contributed by atoms with Crippen LogP contribution in [0.25, 0.3) is 33.3 Å². The molecule has 0 bridgehead atoms. The Balaban J connectivity index is 1.64. The van der Waals surface area contributed by atoms with Gasteiger partial charge in [0.25, 0.3) is 0 Å². The van der Waals surface area contributed by atoms with Crippen LogP contribution in [0.2, 0.25) is 0 Å². The van der Waals surface area contributed by atoms with Crippen LogP contribution in [-0.2, 0) is 18.3 Å². The molecule has 1 aromatic carbocycles. The van der Waals surface area contributed by atoms with Crippen LogP contribution in [0.5, 0.6) is 0 Å². The topological polar surface area (TPSA) is 109 Å². The first-order valence-electron chi connectivity index (χ1n) is 9.82. The fourth-order valence-electron chi connectivity index (χ4n) is 3.55. The number of H-pyrrole nitrogens is 1. The standard InChI is InChI=1S/C21H24FN7O2/c1-23-20-17-18(29(2)11-26-17)15-9-16(27-19(15)28-20)13-6-12(7-14(22)8-13)10-25-21(30)24-4-5-31-3/h6-9,11H,4-5,10H2,1-3H3,(H2,23,27,28)(H2,24,25,30). The Morgan fingerprint density at radius 2 is 2.10 bits per heavy atom. The van der Waals surface area contributed by atoms with Crippen LogP contribution in [0, 0.1) is 5.82 Å². The lowest BCUT2D eigenvalue weighted by Crippen LogP contribution is -2.36. The monoisotopic (exact) mass is 425 g/mol. The second-order valence-corrected chi connectivity index (χ2v) is 7.16. The molecule has 10 heteroatoms. The minimum Gasteiger partial charge on any atom is -0.383 e. The minimum absolute atomic E-state index is 0.192. The number of aromatic amines is 1. The first-order chi connectivity index (χ1) is 15.0. The predicted octanol–water partition coefficient (Wildman–Crippen LogP) is 2.74. The van der Waals surface area contributed by atoms with Crippen LogP contribution in [-0.4, -0.2) is 52.9 Å². The quantitative estimate of drug-likeness (QED) is 0.341. The van der Waals surface area contributed by atoms with Crippen molar-refractivity contribution >= 4 is 33.9 Å². The molecule has 0 aliphatic carbocycles. The zero-order valence-corrected chi connectivity index (χ0v) is 17.5. The van der Waals surface area contributed by atoms with E-state index in [-0.39, 0.29) is 18.4 Å². The van der Waals surface area contributed by atoms with E-state index in [1.165, 1.54) is 12.1 Å². The number of hydrogen-bond donors (Lipinski definition) is 4. The number of nitrogens with zero attached hydrogens (tertiary/aromatic N) is 3. The fourth-order valence-corrected chi connectivity index (χ4v) is 3.55. The number of ether oxygens (including phenoxy) is 1. The van der Waals surface area contributed by atoms with Gasteiger partial charge in [-0.15, -0.1) is 0 Å². The van der Waals surface area contributed by atoms with Gasteiger partial charge in [0, 0.05) is 50.9 Å². The van der Waals surface area contributed by atoms with E-state index in [0.717, 1.165) is 22.1 Å². The summed E-state index contributed by atoms with van der Waals surface area (Å²) in [5, 5.41) is 9.35. The third kappa shape index (κ3) is 4.15. The fraction of sp³-hybridized carbons (Fsp3) is 0.286. The molecule has 4 rings (SSSR count). The highest BCUT2D eigenvalue weighted by atomic mass is 19.1. The van der Waals surface area contributed by atoms with Crippen LogP contribution >= 0.6 is 0 Å². The van der Waals surface area contributed by atoms with E-state index in [4.69, 9.17) is 4.74 Å². The van der Waals surface area contributed by atoms with Crippen molar-refractivity contribution in [2.45, 2.75) is 6.54 Å². The van der Waals surface area contributed by atoms with Crippen LogP contribution in [0.3, 0.4) is 0 Å². The lowest BCUT2D eigenvalue weighted by atomic mass is 10.1. The molecule has 9 nitrogen and oxygen atoms in total. The maximum Gasteiger partial charge on any atom is 0.315 e. The number of nitrogens with one attached hydrogen (secondary N) is 4. The molecule has 162 valence electrons. The number of urea groups is 1. The summed E-state index contributed by atoms with van der Waals surface area (Å²) in [5.41, 5.74) is 4.41. The summed E-state index contributed by atoms with van der Waals surface area (Å²) in [6.45, 7) is 1.01. The maximum atomic E-state index is 14.3. The van der Waals surface area contributed by atoms with Gasteiger partial charge in [0.2, 0.25) is 0 Å². The number of carbonyl (C=O) groups excluding carboxylic acids is 1. The van der Waals surface area contributed by atoms with Crippen molar-refractivity contribution in [3.63, 3.8) is 0 Å². The molecule has 2 amide bonds. The van der Waals surface area contributed by atoms with Crippen LogP contribution in [0.1, 0.15) is 5.56 Å². The van der Waals surface area contributed by atoms with E-state index in [2.05, 4.69) is 30.9 Å². The van der Waals surface area contributed by atoms with Crippen molar-refractivity contribution < 1.29 is 13.9 Å². The maximum absolute atomic E-state index is 14.3. The Bertz CT molecular complexity index is 1250. The molecule has 0 radical (unpaired) electrons. The number of fused-ring (bicyclic) bond motifs is 3. The molecule has 0 saturated carbocycles. The normalized spacial score (nSPS) is 11.2. The number of aromatic nitrogens is 4. The van der Waals surface area contributed by atoms with Crippen molar-refractivity contribution in [1.29, 1.82) is 0 Å². The number of anilines is 1. The van der Waals surface area contributed by atoms with Crippen LogP contribution < -0.4 is 16.0 Å². The van der Waals surface area contributed by atoms with Crippen LogP contribution in [0.15, 0.2) is 30.6 Å². The van der Waals surface area contributed by atoms with Crippen molar-refractivity contribution in [3.05, 3.63) is 42.0 Å². The number of pyridine rings is 1. The number of aryl methyl sites for hydroxylation is 1. The first kappa shape index (κ1) is 20.6. The molecule has 4 aromatic rings. The van der Waals surface area contributed by atoms with E-state index in [0.29, 0.717) is 35.7 Å². The van der Waals surface area contributed by atoms with E-state index in [1.54, 1.807) is 20.5 Å². The molecule has 3 aromatic heterocycles. The highest BCUT2D eigenvalue weighted by molar-refractivity contribution is 6.07. The lowest BCUT2D eigenvalue weighted by molar-refractivity contribution is 0.196. The zero-order chi connectivity index (χ0) is 22.0. The van der Waals surface area contributed by atoms with E-state index in [1.807, 2.05) is 23.7 Å². The van der Waals surface area contributed by atoms with Gasteiger partial charge in [-0.2, -0.15) is 0 Å². The van der Waals surface area contributed by atoms with Crippen LogP contribution in [0.4, 0.5) is 15.0 Å². The molecule has 0 unspecified atom stereocenters. The first-order valence-corrected chi connectivity index (χ1v) is 9.82. The summed E-state index contributed by atoms with van der Waals surface area (Å²) in [5.74, 6) is 0.280. The number of hydrogen-bond acceptors (Lipinski definition) is 5. The van der Waals surface area contributed by atoms with Gasteiger partial charge in [0.15, 0.2) is 5.82 Å². The van der Waals surface area contributed by atoms with Gasteiger partial charge in [0.1, 0.15) is 17.0 Å². The molecule has 31 heavy (non-hydrogen) atoms. The summed E-state index contributed by atoms with van der Waals surface area (Å²) >= 11 is 0. The van der Waals surface area contributed by atoms with Gasteiger partial charge in [-0.3, -0.25) is 0 Å². The molecule has 0 fully saturated rings. The largest absolute Gasteiger partial charge is 0.383 e. The van der Waals surface area contributed by atoms with Gasteiger partial charge >= 0.3 is 6.03 Å². The number of carbonyl (C=O) groups is 1.